The van der Waals surface area contributed by atoms with Crippen molar-refractivity contribution < 1.29 is 9.59 Å². The number of carbonyl (C=O) groups is 2. The molecule has 3 aromatic rings. The molecule has 2 heterocycles. The number of rotatable bonds is 7. The van der Waals surface area contributed by atoms with E-state index >= 15 is 0 Å². The van der Waals surface area contributed by atoms with Crippen LogP contribution in [-0.2, 0) is 23.1 Å². The zero-order valence-electron chi connectivity index (χ0n) is 17.6. The van der Waals surface area contributed by atoms with Gasteiger partial charge in [-0.05, 0) is 51.0 Å². The van der Waals surface area contributed by atoms with E-state index in [0.717, 1.165) is 21.8 Å². The summed E-state index contributed by atoms with van der Waals surface area (Å²) < 4.78 is 1.73. The fourth-order valence-electron chi connectivity index (χ4n) is 2.60. The summed E-state index contributed by atoms with van der Waals surface area (Å²) in [5.74, 6) is 0.382. The third-order valence-corrected chi connectivity index (χ3v) is 6.65. The minimum atomic E-state index is -0.169. The SMILES string of the molecule is Cc1ccc(NC(=O)Cc2nnc(SCC(=O)Nc3nc(C)c(C)s3)n2C)cc1C. The Morgan fingerprint density at radius 3 is 2.50 bits per heavy atom. The van der Waals surface area contributed by atoms with Crippen LogP contribution in [0.15, 0.2) is 23.4 Å². The van der Waals surface area contributed by atoms with Gasteiger partial charge in [-0.15, -0.1) is 21.5 Å². The zero-order chi connectivity index (χ0) is 21.8. The third kappa shape index (κ3) is 5.45. The first-order valence-electron chi connectivity index (χ1n) is 9.35. The van der Waals surface area contributed by atoms with Gasteiger partial charge in [-0.2, -0.15) is 0 Å². The van der Waals surface area contributed by atoms with Gasteiger partial charge in [0.1, 0.15) is 5.82 Å². The maximum absolute atomic E-state index is 12.4. The van der Waals surface area contributed by atoms with Crippen molar-refractivity contribution >= 4 is 45.7 Å². The van der Waals surface area contributed by atoms with Crippen LogP contribution in [-0.4, -0.2) is 37.3 Å². The Morgan fingerprint density at radius 2 is 1.83 bits per heavy atom. The number of amides is 2. The summed E-state index contributed by atoms with van der Waals surface area (Å²) in [4.78, 5) is 29.9. The molecule has 2 N–H and O–H groups in total. The number of anilines is 2. The van der Waals surface area contributed by atoms with E-state index in [1.54, 1.807) is 11.6 Å². The molecule has 2 aromatic heterocycles. The van der Waals surface area contributed by atoms with Crippen molar-refractivity contribution in [2.45, 2.75) is 39.3 Å². The Kier molecular flexibility index (Phi) is 6.88. The van der Waals surface area contributed by atoms with Crippen molar-refractivity contribution in [2.75, 3.05) is 16.4 Å². The summed E-state index contributed by atoms with van der Waals surface area (Å²) in [6, 6.07) is 5.79. The summed E-state index contributed by atoms with van der Waals surface area (Å²) in [6.45, 7) is 7.91. The van der Waals surface area contributed by atoms with Gasteiger partial charge >= 0.3 is 0 Å². The lowest BCUT2D eigenvalue weighted by atomic mass is 10.1. The number of aromatic nitrogens is 4. The summed E-state index contributed by atoms with van der Waals surface area (Å²) in [6.07, 6.45) is 0.0981. The van der Waals surface area contributed by atoms with Gasteiger partial charge in [0, 0.05) is 17.6 Å². The zero-order valence-corrected chi connectivity index (χ0v) is 19.2. The van der Waals surface area contributed by atoms with Crippen LogP contribution in [0.4, 0.5) is 10.8 Å². The van der Waals surface area contributed by atoms with Crippen molar-refractivity contribution in [3.63, 3.8) is 0 Å². The molecule has 2 amide bonds. The first-order valence-corrected chi connectivity index (χ1v) is 11.1. The standard InChI is InChI=1S/C20H24N6O2S2/c1-11-6-7-15(8-12(11)2)22-17(27)9-16-24-25-20(26(16)5)29-10-18(28)23-19-21-13(3)14(4)30-19/h6-8H,9-10H2,1-5H3,(H,22,27)(H,21,23,28). The Balaban J connectivity index is 1.54. The number of nitrogens with zero attached hydrogens (tertiary/aromatic N) is 4. The Labute approximate surface area is 183 Å². The summed E-state index contributed by atoms with van der Waals surface area (Å²) in [7, 11) is 1.78. The van der Waals surface area contributed by atoms with Gasteiger partial charge < -0.3 is 15.2 Å². The second kappa shape index (κ2) is 9.40. The number of thioether (sulfide) groups is 1. The molecule has 158 valence electrons. The average molecular weight is 445 g/mol. The van der Waals surface area contributed by atoms with Crippen LogP contribution in [0.5, 0.6) is 0 Å². The van der Waals surface area contributed by atoms with Crippen LogP contribution in [0, 0.1) is 27.7 Å². The smallest absolute Gasteiger partial charge is 0.236 e. The lowest BCUT2D eigenvalue weighted by Crippen LogP contribution is -2.17. The van der Waals surface area contributed by atoms with Gasteiger partial charge in [0.15, 0.2) is 10.3 Å². The van der Waals surface area contributed by atoms with Crippen LogP contribution in [0.2, 0.25) is 0 Å². The molecule has 0 spiro atoms. The van der Waals surface area contributed by atoms with E-state index in [0.29, 0.717) is 16.1 Å². The molecule has 0 fully saturated rings. The highest BCUT2D eigenvalue weighted by Gasteiger charge is 2.15. The van der Waals surface area contributed by atoms with Gasteiger partial charge in [-0.3, -0.25) is 9.59 Å². The largest absolute Gasteiger partial charge is 0.326 e. The second-order valence-corrected chi connectivity index (χ2v) is 9.12. The molecule has 8 nitrogen and oxygen atoms in total. The average Bonchev–Trinajstić information content (AvgIpc) is 3.18. The highest BCUT2D eigenvalue weighted by molar-refractivity contribution is 7.99. The number of carbonyl (C=O) groups excluding carboxylic acids is 2. The van der Waals surface area contributed by atoms with Gasteiger partial charge in [0.2, 0.25) is 11.8 Å². The van der Waals surface area contributed by atoms with Gasteiger partial charge in [0.05, 0.1) is 17.9 Å². The summed E-state index contributed by atoms with van der Waals surface area (Å²) in [5.41, 5.74) is 3.96. The van der Waals surface area contributed by atoms with Gasteiger partial charge in [0.25, 0.3) is 0 Å². The number of aryl methyl sites for hydroxylation is 4. The number of hydrogen-bond donors (Lipinski definition) is 2. The van der Waals surface area contributed by atoms with Crippen molar-refractivity contribution in [3.8, 4) is 0 Å². The molecule has 0 atom stereocenters. The molecule has 0 bridgehead atoms. The van der Waals surface area contributed by atoms with Crippen molar-refractivity contribution in [1.82, 2.24) is 19.7 Å². The maximum Gasteiger partial charge on any atom is 0.236 e. The molecule has 3 rings (SSSR count). The molecule has 0 unspecified atom stereocenters. The molecule has 1 aromatic carbocycles. The van der Waals surface area contributed by atoms with Crippen LogP contribution in [0.25, 0.3) is 0 Å². The molecular weight excluding hydrogens is 420 g/mol. The number of hydrogen-bond acceptors (Lipinski definition) is 7. The minimum absolute atomic E-state index is 0.0981. The molecule has 10 heteroatoms. The summed E-state index contributed by atoms with van der Waals surface area (Å²) >= 11 is 2.71. The van der Waals surface area contributed by atoms with Crippen LogP contribution in [0.3, 0.4) is 0 Å². The normalized spacial score (nSPS) is 10.8. The van der Waals surface area contributed by atoms with Gasteiger partial charge in [-0.25, -0.2) is 4.98 Å². The van der Waals surface area contributed by atoms with Crippen molar-refractivity contribution in [3.05, 3.63) is 45.7 Å². The topological polar surface area (TPSA) is 102 Å². The van der Waals surface area contributed by atoms with Crippen LogP contribution < -0.4 is 10.6 Å². The van der Waals surface area contributed by atoms with Crippen LogP contribution in [0.1, 0.15) is 27.5 Å². The van der Waals surface area contributed by atoms with Crippen molar-refractivity contribution in [2.24, 2.45) is 7.05 Å². The van der Waals surface area contributed by atoms with E-state index < -0.39 is 0 Å². The highest BCUT2D eigenvalue weighted by Crippen LogP contribution is 2.22. The van der Waals surface area contributed by atoms with E-state index in [2.05, 4.69) is 25.8 Å². The number of nitrogens with one attached hydrogen (secondary N) is 2. The Hall–Kier alpha value is -2.72. The molecule has 0 aliphatic heterocycles. The fraction of sp³-hybridized carbons (Fsp3) is 0.350. The molecule has 0 saturated carbocycles. The molecule has 0 aliphatic carbocycles. The summed E-state index contributed by atoms with van der Waals surface area (Å²) in [5, 5.41) is 15.0. The number of thiazole rings is 1. The maximum atomic E-state index is 12.4. The van der Waals surface area contributed by atoms with E-state index in [4.69, 9.17) is 0 Å². The first kappa shape index (κ1) is 22.0. The van der Waals surface area contributed by atoms with Crippen molar-refractivity contribution in [1.29, 1.82) is 0 Å². The molecule has 30 heavy (non-hydrogen) atoms. The van der Waals surface area contributed by atoms with E-state index in [-0.39, 0.29) is 24.0 Å². The first-order chi connectivity index (χ1) is 14.2. The molecule has 0 radical (unpaired) electrons. The third-order valence-electron chi connectivity index (χ3n) is 4.64. The fourth-order valence-corrected chi connectivity index (χ4v) is 4.17. The van der Waals surface area contributed by atoms with Gasteiger partial charge in [-0.1, -0.05) is 17.8 Å². The highest BCUT2D eigenvalue weighted by atomic mass is 32.2. The van der Waals surface area contributed by atoms with Crippen LogP contribution >= 0.6 is 23.1 Å². The minimum Gasteiger partial charge on any atom is -0.326 e. The quantitative estimate of drug-likeness (QED) is 0.542. The van der Waals surface area contributed by atoms with E-state index in [9.17, 15) is 9.59 Å². The second-order valence-electron chi connectivity index (χ2n) is 6.98. The molecular formula is C20H24N6O2S2. The molecule has 0 saturated heterocycles. The Bertz CT molecular complexity index is 1070. The predicted octanol–water partition coefficient (Wildman–Crippen LogP) is 3.42. The predicted molar refractivity (Wildman–Crippen MR) is 120 cm³/mol. The Morgan fingerprint density at radius 1 is 1.07 bits per heavy atom. The monoisotopic (exact) mass is 444 g/mol. The van der Waals surface area contributed by atoms with E-state index in [1.165, 1.54) is 28.7 Å². The molecule has 0 aliphatic rings. The lowest BCUT2D eigenvalue weighted by molar-refractivity contribution is -0.116. The lowest BCUT2D eigenvalue weighted by Gasteiger charge is -2.08. The van der Waals surface area contributed by atoms with E-state index in [1.807, 2.05) is 45.9 Å². The number of benzene rings is 1.